The van der Waals surface area contributed by atoms with Crippen molar-refractivity contribution in [3.63, 3.8) is 0 Å². The maximum atomic E-state index is 13.3. The van der Waals surface area contributed by atoms with Gasteiger partial charge < -0.3 is 14.8 Å². The summed E-state index contributed by atoms with van der Waals surface area (Å²) in [5.41, 5.74) is 4.27. The highest BCUT2D eigenvalue weighted by Gasteiger charge is 2.46. The third-order valence-corrected chi connectivity index (χ3v) is 9.43. The van der Waals surface area contributed by atoms with Crippen molar-refractivity contribution < 1.29 is 14.3 Å². The van der Waals surface area contributed by atoms with Crippen LogP contribution in [0, 0.1) is 5.92 Å². The number of pyridine rings is 1. The van der Waals surface area contributed by atoms with Crippen molar-refractivity contribution >= 4 is 16.8 Å². The average Bonchev–Trinajstić information content (AvgIpc) is 3.68. The summed E-state index contributed by atoms with van der Waals surface area (Å²) in [6.45, 7) is 1.78. The number of hydrogen-bond acceptors (Lipinski definition) is 6. The molecule has 1 aliphatic carbocycles. The Morgan fingerprint density at radius 2 is 1.78 bits per heavy atom. The van der Waals surface area contributed by atoms with Crippen molar-refractivity contribution in [1.29, 1.82) is 0 Å². The van der Waals surface area contributed by atoms with Crippen LogP contribution in [0.5, 0.6) is 5.75 Å². The van der Waals surface area contributed by atoms with E-state index in [4.69, 9.17) is 9.47 Å². The highest BCUT2D eigenvalue weighted by molar-refractivity contribution is 6.01. The third-order valence-electron chi connectivity index (χ3n) is 9.43. The molecule has 4 atom stereocenters. The van der Waals surface area contributed by atoms with Crippen LogP contribution in [0.2, 0.25) is 0 Å². The SMILES string of the molecule is O=C(N[C@H](c1ccccn1)C1CC1)c1ccc2[nH]nc(-c3ccc(O[C@H]4C[C@H]5CC[C@@H](C4)N5C4COC4)cc3)c2c1. The molecule has 1 saturated carbocycles. The summed E-state index contributed by atoms with van der Waals surface area (Å²) in [6.07, 6.45) is 9.00. The summed E-state index contributed by atoms with van der Waals surface area (Å²) in [5, 5.41) is 11.9. The molecule has 0 radical (unpaired) electrons. The number of piperidine rings is 1. The predicted molar refractivity (Wildman–Crippen MR) is 156 cm³/mol. The van der Waals surface area contributed by atoms with Gasteiger partial charge in [-0.3, -0.25) is 19.8 Å². The molecule has 3 aliphatic heterocycles. The maximum Gasteiger partial charge on any atom is 0.251 e. The zero-order valence-corrected chi connectivity index (χ0v) is 23.0. The predicted octanol–water partition coefficient (Wildman–Crippen LogP) is 5.28. The van der Waals surface area contributed by atoms with E-state index in [-0.39, 0.29) is 18.1 Å². The minimum atomic E-state index is -0.0878. The van der Waals surface area contributed by atoms with E-state index in [0.717, 1.165) is 72.5 Å². The van der Waals surface area contributed by atoms with Crippen molar-refractivity contribution in [1.82, 2.24) is 25.4 Å². The van der Waals surface area contributed by atoms with E-state index >= 15 is 0 Å². The van der Waals surface area contributed by atoms with Crippen LogP contribution in [0.3, 0.4) is 0 Å². The van der Waals surface area contributed by atoms with Crippen LogP contribution >= 0.6 is 0 Å². The number of amides is 1. The van der Waals surface area contributed by atoms with Crippen molar-refractivity contribution in [2.75, 3.05) is 13.2 Å². The quantitative estimate of drug-likeness (QED) is 0.311. The number of ether oxygens (including phenoxy) is 2. The molecular weight excluding hydrogens is 514 g/mol. The summed E-state index contributed by atoms with van der Waals surface area (Å²) >= 11 is 0. The van der Waals surface area contributed by atoms with Gasteiger partial charge in [0.05, 0.1) is 42.2 Å². The minimum Gasteiger partial charge on any atom is -0.490 e. The second-order valence-corrected chi connectivity index (χ2v) is 12.1. The summed E-state index contributed by atoms with van der Waals surface area (Å²) in [7, 11) is 0. The van der Waals surface area contributed by atoms with Gasteiger partial charge in [0, 0.05) is 34.8 Å². The number of carbonyl (C=O) groups excluding carboxylic acids is 1. The first-order chi connectivity index (χ1) is 20.2. The smallest absolute Gasteiger partial charge is 0.251 e. The molecular formula is C33H35N5O3. The Morgan fingerprint density at radius 3 is 2.46 bits per heavy atom. The first-order valence-corrected chi connectivity index (χ1v) is 15.0. The Morgan fingerprint density at radius 1 is 0.976 bits per heavy atom. The van der Waals surface area contributed by atoms with Gasteiger partial charge in [0.25, 0.3) is 5.91 Å². The van der Waals surface area contributed by atoms with Crippen molar-refractivity contribution in [3.05, 3.63) is 78.1 Å². The van der Waals surface area contributed by atoms with Gasteiger partial charge in [0.15, 0.2) is 0 Å². The number of H-pyrrole nitrogens is 1. The Kier molecular flexibility index (Phi) is 6.26. The van der Waals surface area contributed by atoms with Crippen molar-refractivity contribution in [2.45, 2.75) is 68.8 Å². The van der Waals surface area contributed by atoms with Crippen LogP contribution in [-0.2, 0) is 4.74 Å². The zero-order chi connectivity index (χ0) is 27.3. The molecule has 1 amide bonds. The molecule has 8 rings (SSSR count). The third kappa shape index (κ3) is 4.79. The summed E-state index contributed by atoms with van der Waals surface area (Å²) in [4.78, 5) is 20.6. The maximum absolute atomic E-state index is 13.3. The van der Waals surface area contributed by atoms with Gasteiger partial charge in [-0.25, -0.2) is 0 Å². The molecule has 4 aliphatic rings. The highest BCUT2D eigenvalue weighted by atomic mass is 16.5. The fraction of sp³-hybridized carbons (Fsp3) is 0.424. The number of nitrogens with zero attached hydrogens (tertiary/aromatic N) is 3. The lowest BCUT2D eigenvalue weighted by Crippen LogP contribution is -2.57. The molecule has 2 bridgehead atoms. The van der Waals surface area contributed by atoms with Crippen molar-refractivity contribution in [3.8, 4) is 17.0 Å². The van der Waals surface area contributed by atoms with E-state index in [1.165, 1.54) is 12.8 Å². The molecule has 8 heteroatoms. The normalized spacial score (nSPS) is 25.1. The van der Waals surface area contributed by atoms with E-state index in [9.17, 15) is 4.79 Å². The van der Waals surface area contributed by atoms with Crippen LogP contribution in [0.15, 0.2) is 66.9 Å². The Bertz CT molecular complexity index is 1530. The highest BCUT2D eigenvalue weighted by Crippen LogP contribution is 2.41. The molecule has 5 heterocycles. The molecule has 2 aromatic carbocycles. The fourth-order valence-corrected chi connectivity index (χ4v) is 7.16. The van der Waals surface area contributed by atoms with Gasteiger partial charge in [0.1, 0.15) is 11.9 Å². The largest absolute Gasteiger partial charge is 0.490 e. The second-order valence-electron chi connectivity index (χ2n) is 12.1. The molecule has 210 valence electrons. The van der Waals surface area contributed by atoms with Crippen LogP contribution in [0.25, 0.3) is 22.2 Å². The molecule has 4 fully saturated rings. The molecule has 4 aromatic rings. The number of hydrogen-bond donors (Lipinski definition) is 2. The Balaban J connectivity index is 0.970. The van der Waals surface area contributed by atoms with Crippen LogP contribution in [0.4, 0.5) is 0 Å². The van der Waals surface area contributed by atoms with Gasteiger partial charge in [-0.05, 0) is 99.0 Å². The molecule has 2 aromatic heterocycles. The second kappa shape index (κ2) is 10.3. The van der Waals surface area contributed by atoms with Crippen LogP contribution in [0.1, 0.15) is 60.6 Å². The van der Waals surface area contributed by atoms with Gasteiger partial charge in [-0.2, -0.15) is 5.10 Å². The number of carbonyl (C=O) groups is 1. The van der Waals surface area contributed by atoms with E-state index in [1.54, 1.807) is 6.20 Å². The zero-order valence-electron chi connectivity index (χ0n) is 23.0. The average molecular weight is 550 g/mol. The molecule has 0 spiro atoms. The molecule has 2 N–H and O–H groups in total. The number of benzene rings is 2. The lowest BCUT2D eigenvalue weighted by molar-refractivity contribution is -0.102. The molecule has 0 unspecified atom stereocenters. The molecule has 3 saturated heterocycles. The summed E-state index contributed by atoms with van der Waals surface area (Å²) < 4.78 is 11.9. The van der Waals surface area contributed by atoms with Gasteiger partial charge in [0.2, 0.25) is 0 Å². The number of fused-ring (bicyclic) bond motifs is 3. The number of rotatable bonds is 8. The monoisotopic (exact) mass is 549 g/mol. The summed E-state index contributed by atoms with van der Waals surface area (Å²) in [6, 6.07) is 21.6. The van der Waals surface area contributed by atoms with E-state index in [1.807, 2.05) is 48.5 Å². The molecule has 41 heavy (non-hydrogen) atoms. The number of nitrogens with one attached hydrogen (secondary N) is 2. The fourth-order valence-electron chi connectivity index (χ4n) is 7.16. The standard InChI is InChI=1S/C33H35N5O3/c39-33(35-32(21-4-5-21)30-3-1-2-14-34-30)22-8-13-29-28(15-22)31(37-36-29)20-6-11-26(12-7-20)41-27-16-23-9-10-24(17-27)38(23)25-18-40-19-25/h1-3,6-8,11-15,21,23-25,27,32H,4-5,9-10,16-19H2,(H,35,39)(H,36,37)/t23-,24+,27+,32-/m0/s1. The minimum absolute atomic E-state index is 0.0644. The first-order valence-electron chi connectivity index (χ1n) is 15.0. The van der Waals surface area contributed by atoms with E-state index in [0.29, 0.717) is 29.6 Å². The Hall–Kier alpha value is -3.75. The lowest BCUT2D eigenvalue weighted by Gasteiger charge is -2.46. The van der Waals surface area contributed by atoms with Crippen LogP contribution in [-0.4, -0.2) is 63.4 Å². The van der Waals surface area contributed by atoms with E-state index < -0.39 is 0 Å². The Labute approximate surface area is 239 Å². The van der Waals surface area contributed by atoms with E-state index in [2.05, 4.69) is 37.5 Å². The first kappa shape index (κ1) is 25.0. The topological polar surface area (TPSA) is 92.4 Å². The van der Waals surface area contributed by atoms with Crippen molar-refractivity contribution in [2.24, 2.45) is 5.92 Å². The van der Waals surface area contributed by atoms with Gasteiger partial charge >= 0.3 is 0 Å². The summed E-state index contributed by atoms with van der Waals surface area (Å²) in [5.74, 6) is 1.26. The molecule has 8 nitrogen and oxygen atoms in total. The van der Waals surface area contributed by atoms with Gasteiger partial charge in [-0.1, -0.05) is 6.07 Å². The van der Waals surface area contributed by atoms with Crippen LogP contribution < -0.4 is 10.1 Å². The lowest BCUT2D eigenvalue weighted by atomic mass is 9.96. The number of aromatic nitrogens is 3. The number of aromatic amines is 1. The van der Waals surface area contributed by atoms with Gasteiger partial charge in [-0.15, -0.1) is 0 Å².